The number of aromatic nitrogens is 3. The van der Waals surface area contributed by atoms with Crippen LogP contribution >= 0.6 is 11.8 Å². The second kappa shape index (κ2) is 8.50. The number of thioether (sulfide) groups is 1. The number of carbonyl (C=O) groups excluding carboxylic acids is 2. The number of sulfone groups is 1. The van der Waals surface area contributed by atoms with Crippen LogP contribution in [-0.4, -0.2) is 58.7 Å². The van der Waals surface area contributed by atoms with Crippen molar-refractivity contribution in [1.82, 2.24) is 14.8 Å². The summed E-state index contributed by atoms with van der Waals surface area (Å²) in [4.78, 5) is 26.4. The molecule has 1 unspecified atom stereocenters. The summed E-state index contributed by atoms with van der Waals surface area (Å²) in [5, 5.41) is 9.00. The molecule has 2 fully saturated rings. The van der Waals surface area contributed by atoms with Gasteiger partial charge in [0, 0.05) is 37.7 Å². The molecular weight excluding hydrogens is 424 g/mol. The molecule has 2 aliphatic rings. The van der Waals surface area contributed by atoms with E-state index in [9.17, 15) is 18.0 Å². The van der Waals surface area contributed by atoms with Crippen LogP contribution in [0.5, 0.6) is 0 Å². The van der Waals surface area contributed by atoms with Crippen molar-refractivity contribution in [3.05, 3.63) is 35.7 Å². The predicted molar refractivity (Wildman–Crippen MR) is 115 cm³/mol. The Morgan fingerprint density at radius 1 is 1.30 bits per heavy atom. The van der Waals surface area contributed by atoms with Gasteiger partial charge in [0.15, 0.2) is 20.8 Å². The van der Waals surface area contributed by atoms with Crippen LogP contribution in [0.15, 0.2) is 29.4 Å². The Hall–Kier alpha value is -2.20. The van der Waals surface area contributed by atoms with Gasteiger partial charge in [0.1, 0.15) is 5.82 Å². The molecule has 0 radical (unpaired) electrons. The summed E-state index contributed by atoms with van der Waals surface area (Å²) in [7, 11) is -1.08. The maximum Gasteiger partial charge on any atom is 0.227 e. The summed E-state index contributed by atoms with van der Waals surface area (Å²) in [6, 6.07) is 7.19. The Morgan fingerprint density at radius 3 is 2.83 bits per heavy atom. The normalized spacial score (nSPS) is 20.8. The summed E-state index contributed by atoms with van der Waals surface area (Å²) in [6.45, 7) is 0.690. The number of carbonyl (C=O) groups is 2. The average Bonchev–Trinajstić information content (AvgIpc) is 3.40. The lowest BCUT2D eigenvalue weighted by Gasteiger charge is -2.16. The number of nitrogens with zero attached hydrogens (tertiary/aromatic N) is 4. The van der Waals surface area contributed by atoms with E-state index in [4.69, 9.17) is 0 Å². The van der Waals surface area contributed by atoms with Crippen molar-refractivity contribution < 1.29 is 18.0 Å². The molecule has 10 heteroatoms. The van der Waals surface area contributed by atoms with Gasteiger partial charge in [-0.2, -0.15) is 0 Å². The lowest BCUT2D eigenvalue weighted by Crippen LogP contribution is -2.23. The number of amides is 1. The van der Waals surface area contributed by atoms with Crippen molar-refractivity contribution in [2.24, 2.45) is 13.0 Å². The van der Waals surface area contributed by atoms with Crippen LogP contribution in [0.2, 0.25) is 0 Å². The molecule has 2 aromatic rings. The molecule has 0 N–H and O–H groups in total. The molecule has 2 saturated heterocycles. The zero-order valence-corrected chi connectivity index (χ0v) is 18.4. The highest BCUT2D eigenvalue weighted by Gasteiger charge is 2.29. The molecule has 0 aliphatic carbocycles. The Labute approximate surface area is 180 Å². The molecular formula is C20H24N4O4S2. The van der Waals surface area contributed by atoms with Crippen LogP contribution < -0.4 is 4.90 Å². The monoisotopic (exact) mass is 448 g/mol. The summed E-state index contributed by atoms with van der Waals surface area (Å²) in [5.41, 5.74) is 1.33. The number of benzene rings is 1. The lowest BCUT2D eigenvalue weighted by atomic mass is 10.1. The number of anilines is 1. The summed E-state index contributed by atoms with van der Waals surface area (Å²) >= 11 is 1.31. The van der Waals surface area contributed by atoms with E-state index in [0.29, 0.717) is 36.5 Å². The predicted octanol–water partition coefficient (Wildman–Crippen LogP) is 1.89. The standard InChI is InChI=1S/C20H24N4O4S2/c1-23-18(10-14-7-9-30(27,28)13-14)21-22-20(23)29-12-17(25)15-4-2-5-16(11-15)24-8-3-6-19(24)26/h2,4-5,11,14H,3,6-10,12-13H2,1H3. The van der Waals surface area contributed by atoms with Crippen LogP contribution in [-0.2, 0) is 28.1 Å². The zero-order valence-electron chi connectivity index (χ0n) is 16.8. The molecule has 1 amide bonds. The van der Waals surface area contributed by atoms with Crippen LogP contribution in [0.4, 0.5) is 5.69 Å². The molecule has 4 rings (SSSR count). The van der Waals surface area contributed by atoms with Gasteiger partial charge >= 0.3 is 0 Å². The minimum Gasteiger partial charge on any atom is -0.312 e. The summed E-state index contributed by atoms with van der Waals surface area (Å²) in [5.74, 6) is 1.52. The smallest absolute Gasteiger partial charge is 0.227 e. The second-order valence-corrected chi connectivity index (χ2v) is 11.0. The van der Waals surface area contributed by atoms with E-state index < -0.39 is 9.84 Å². The number of ketones is 1. The maximum atomic E-state index is 12.7. The minimum absolute atomic E-state index is 0.0417. The Morgan fingerprint density at radius 2 is 2.13 bits per heavy atom. The molecule has 1 atom stereocenters. The van der Waals surface area contributed by atoms with Crippen molar-refractivity contribution in [1.29, 1.82) is 0 Å². The highest BCUT2D eigenvalue weighted by Crippen LogP contribution is 2.25. The van der Waals surface area contributed by atoms with Crippen LogP contribution in [0.25, 0.3) is 0 Å². The molecule has 2 aliphatic heterocycles. The number of rotatable bonds is 7. The Balaban J connectivity index is 1.38. The SMILES string of the molecule is Cn1c(CC2CCS(=O)(=O)C2)nnc1SCC(=O)c1cccc(N2CCCC2=O)c1. The van der Waals surface area contributed by atoms with E-state index in [2.05, 4.69) is 10.2 Å². The summed E-state index contributed by atoms with van der Waals surface area (Å²) < 4.78 is 25.1. The quantitative estimate of drug-likeness (QED) is 0.471. The van der Waals surface area contributed by atoms with E-state index in [1.165, 1.54) is 11.8 Å². The molecule has 0 spiro atoms. The minimum atomic E-state index is -2.92. The van der Waals surface area contributed by atoms with Gasteiger partial charge in [-0.05, 0) is 30.9 Å². The number of hydrogen-bond acceptors (Lipinski definition) is 7. The molecule has 0 saturated carbocycles. The molecule has 0 bridgehead atoms. The highest BCUT2D eigenvalue weighted by atomic mass is 32.2. The first-order valence-corrected chi connectivity index (χ1v) is 12.8. The van der Waals surface area contributed by atoms with E-state index in [-0.39, 0.29) is 34.9 Å². The van der Waals surface area contributed by atoms with Crippen LogP contribution in [0, 0.1) is 5.92 Å². The van der Waals surface area contributed by atoms with Crippen molar-refractivity contribution >= 4 is 39.0 Å². The lowest BCUT2D eigenvalue weighted by molar-refractivity contribution is -0.117. The Kier molecular flexibility index (Phi) is 5.97. The second-order valence-electron chi connectivity index (χ2n) is 7.84. The van der Waals surface area contributed by atoms with Crippen LogP contribution in [0.3, 0.4) is 0 Å². The molecule has 3 heterocycles. The van der Waals surface area contributed by atoms with Gasteiger partial charge in [0.2, 0.25) is 5.91 Å². The van der Waals surface area contributed by atoms with Crippen molar-refractivity contribution in [2.75, 3.05) is 28.7 Å². The largest absolute Gasteiger partial charge is 0.312 e. The first kappa shape index (κ1) is 21.0. The van der Waals surface area contributed by atoms with E-state index in [1.807, 2.05) is 17.7 Å². The molecule has 160 valence electrons. The van der Waals surface area contributed by atoms with Gasteiger partial charge in [-0.25, -0.2) is 8.42 Å². The number of hydrogen-bond donors (Lipinski definition) is 0. The van der Waals surface area contributed by atoms with E-state index in [1.54, 1.807) is 23.1 Å². The number of Topliss-reactive ketones (excluding diaryl/α,β-unsaturated/α-hetero) is 1. The third-order valence-corrected chi connectivity index (χ3v) is 8.47. The molecule has 8 nitrogen and oxygen atoms in total. The van der Waals surface area contributed by atoms with E-state index >= 15 is 0 Å². The molecule has 1 aromatic carbocycles. The third kappa shape index (κ3) is 4.59. The van der Waals surface area contributed by atoms with Crippen LogP contribution in [0.1, 0.15) is 35.4 Å². The van der Waals surface area contributed by atoms with Gasteiger partial charge in [0.25, 0.3) is 0 Å². The van der Waals surface area contributed by atoms with Gasteiger partial charge in [-0.15, -0.1) is 10.2 Å². The van der Waals surface area contributed by atoms with Crippen molar-refractivity contribution in [2.45, 2.75) is 30.8 Å². The van der Waals surface area contributed by atoms with Gasteiger partial charge in [-0.3, -0.25) is 9.59 Å². The van der Waals surface area contributed by atoms with Gasteiger partial charge < -0.3 is 9.47 Å². The van der Waals surface area contributed by atoms with Gasteiger partial charge in [-0.1, -0.05) is 23.9 Å². The zero-order chi connectivity index (χ0) is 21.3. The fraction of sp³-hybridized carbons (Fsp3) is 0.500. The topological polar surface area (TPSA) is 102 Å². The van der Waals surface area contributed by atoms with E-state index in [0.717, 1.165) is 17.9 Å². The van der Waals surface area contributed by atoms with Crippen molar-refractivity contribution in [3.63, 3.8) is 0 Å². The van der Waals surface area contributed by atoms with Crippen molar-refractivity contribution in [3.8, 4) is 0 Å². The third-order valence-electron chi connectivity index (χ3n) is 5.61. The maximum absolute atomic E-state index is 12.7. The highest BCUT2D eigenvalue weighted by molar-refractivity contribution is 7.99. The molecule has 1 aromatic heterocycles. The first-order chi connectivity index (χ1) is 14.3. The van der Waals surface area contributed by atoms with Gasteiger partial charge in [0.05, 0.1) is 17.3 Å². The Bertz CT molecular complexity index is 1080. The summed E-state index contributed by atoms with van der Waals surface area (Å²) in [6.07, 6.45) is 2.62. The fourth-order valence-electron chi connectivity index (χ4n) is 3.92. The average molecular weight is 449 g/mol. The molecule has 30 heavy (non-hydrogen) atoms. The fourth-order valence-corrected chi connectivity index (χ4v) is 6.61. The first-order valence-electron chi connectivity index (χ1n) is 9.97.